The van der Waals surface area contributed by atoms with Gasteiger partial charge in [0.05, 0.1) is 0 Å². The first kappa shape index (κ1) is 15.6. The van der Waals surface area contributed by atoms with E-state index in [9.17, 15) is 0 Å². The lowest BCUT2D eigenvalue weighted by Crippen LogP contribution is -2.47. The molecule has 2 saturated heterocycles. The van der Waals surface area contributed by atoms with E-state index in [2.05, 4.69) is 40.9 Å². The first-order valence-electron chi connectivity index (χ1n) is 8.66. The van der Waals surface area contributed by atoms with E-state index in [4.69, 9.17) is 0 Å². The second-order valence-electron chi connectivity index (χ2n) is 6.36. The molecule has 0 spiro atoms. The Bertz CT molecular complexity index is 675. The molecule has 2 aliphatic rings. The fourth-order valence-electron chi connectivity index (χ4n) is 3.35. The molecule has 0 radical (unpaired) electrons. The van der Waals surface area contributed by atoms with Gasteiger partial charge in [0.1, 0.15) is 23.0 Å². The lowest BCUT2D eigenvalue weighted by atomic mass is 10.1. The van der Waals surface area contributed by atoms with Crippen molar-refractivity contribution in [2.24, 2.45) is 0 Å². The van der Waals surface area contributed by atoms with Crippen molar-refractivity contribution in [2.45, 2.75) is 26.2 Å². The summed E-state index contributed by atoms with van der Waals surface area (Å²) in [5.74, 6) is 2.11. The van der Waals surface area contributed by atoms with Crippen molar-refractivity contribution in [3.05, 3.63) is 17.4 Å². The van der Waals surface area contributed by atoms with E-state index in [0.717, 1.165) is 61.0 Å². The smallest absolute Gasteiger partial charge is 0.208 e. The zero-order valence-electron chi connectivity index (χ0n) is 14.1. The van der Waals surface area contributed by atoms with Crippen LogP contribution < -0.4 is 14.7 Å². The van der Waals surface area contributed by atoms with Gasteiger partial charge in [-0.25, -0.2) is 9.97 Å². The highest BCUT2D eigenvalue weighted by Crippen LogP contribution is 2.24. The number of piperazine rings is 1. The molecule has 2 aromatic rings. The van der Waals surface area contributed by atoms with Crippen molar-refractivity contribution < 1.29 is 0 Å². The molecule has 0 bridgehead atoms. The number of anilines is 3. The molecule has 8 heteroatoms. The summed E-state index contributed by atoms with van der Waals surface area (Å²) in [6.45, 7) is 8.04. The fourth-order valence-corrected chi connectivity index (χ4v) is 4.09. The molecule has 0 aliphatic carbocycles. The number of hydrogen-bond donors (Lipinski definition) is 0. The van der Waals surface area contributed by atoms with E-state index in [1.54, 1.807) is 17.7 Å². The van der Waals surface area contributed by atoms with Crippen molar-refractivity contribution in [3.8, 4) is 0 Å². The van der Waals surface area contributed by atoms with Gasteiger partial charge < -0.3 is 14.7 Å². The molecule has 0 unspecified atom stereocenters. The van der Waals surface area contributed by atoms with Crippen molar-refractivity contribution in [1.82, 2.24) is 20.2 Å². The highest BCUT2D eigenvalue weighted by Gasteiger charge is 2.21. The minimum absolute atomic E-state index is 0.953. The molecular formula is C16H23N7S. The Hall–Kier alpha value is -1.96. The molecule has 0 N–H and O–H groups in total. The summed E-state index contributed by atoms with van der Waals surface area (Å²) in [5.41, 5.74) is 0. The molecule has 2 aliphatic heterocycles. The van der Waals surface area contributed by atoms with Crippen LogP contribution in [0.4, 0.5) is 16.8 Å². The van der Waals surface area contributed by atoms with Crippen LogP contribution in [0, 0.1) is 6.92 Å². The Labute approximate surface area is 146 Å². The van der Waals surface area contributed by atoms with Gasteiger partial charge in [-0.3, -0.25) is 0 Å². The monoisotopic (exact) mass is 345 g/mol. The second-order valence-corrected chi connectivity index (χ2v) is 7.52. The second kappa shape index (κ2) is 6.88. The largest absolute Gasteiger partial charge is 0.356 e. The van der Waals surface area contributed by atoms with Crippen molar-refractivity contribution in [3.63, 3.8) is 0 Å². The van der Waals surface area contributed by atoms with E-state index in [0.29, 0.717) is 0 Å². The van der Waals surface area contributed by atoms with Crippen LogP contribution in [-0.2, 0) is 0 Å². The number of nitrogens with zero attached hydrogens (tertiary/aromatic N) is 7. The van der Waals surface area contributed by atoms with Gasteiger partial charge in [0.15, 0.2) is 0 Å². The molecule has 4 heterocycles. The lowest BCUT2D eigenvalue weighted by Gasteiger charge is -2.35. The molecule has 2 aromatic heterocycles. The Balaban J connectivity index is 1.42. The van der Waals surface area contributed by atoms with Crippen LogP contribution in [0.15, 0.2) is 12.4 Å². The summed E-state index contributed by atoms with van der Waals surface area (Å²) in [6, 6.07) is 2.15. The Morgan fingerprint density at radius 1 is 0.792 bits per heavy atom. The maximum Gasteiger partial charge on any atom is 0.208 e. The van der Waals surface area contributed by atoms with Crippen molar-refractivity contribution >= 4 is 28.1 Å². The number of rotatable bonds is 3. The SMILES string of the molecule is Cc1nnc(N2CCN(c3cc(N4CCCCC4)ncn3)CC2)s1. The molecule has 128 valence electrons. The molecule has 0 atom stereocenters. The predicted octanol–water partition coefficient (Wildman–Crippen LogP) is 1.95. The molecule has 4 rings (SSSR count). The molecule has 24 heavy (non-hydrogen) atoms. The van der Waals surface area contributed by atoms with E-state index in [1.807, 2.05) is 6.92 Å². The zero-order valence-corrected chi connectivity index (χ0v) is 14.9. The third kappa shape index (κ3) is 3.28. The van der Waals surface area contributed by atoms with Crippen LogP contribution in [0.2, 0.25) is 0 Å². The lowest BCUT2D eigenvalue weighted by molar-refractivity contribution is 0.572. The summed E-state index contributed by atoms with van der Waals surface area (Å²) in [5, 5.41) is 10.4. The average molecular weight is 345 g/mol. The normalized spacial score (nSPS) is 19.0. The minimum atomic E-state index is 0.953. The highest BCUT2D eigenvalue weighted by molar-refractivity contribution is 7.15. The number of hydrogen-bond acceptors (Lipinski definition) is 8. The highest BCUT2D eigenvalue weighted by atomic mass is 32.1. The van der Waals surface area contributed by atoms with Gasteiger partial charge in [0.25, 0.3) is 0 Å². The van der Waals surface area contributed by atoms with Crippen LogP contribution in [0.25, 0.3) is 0 Å². The van der Waals surface area contributed by atoms with Gasteiger partial charge in [0, 0.05) is 45.3 Å². The van der Waals surface area contributed by atoms with Gasteiger partial charge in [-0.15, -0.1) is 10.2 Å². The first-order chi connectivity index (χ1) is 11.8. The number of piperidine rings is 1. The topological polar surface area (TPSA) is 61.3 Å². The molecule has 0 saturated carbocycles. The fraction of sp³-hybridized carbons (Fsp3) is 0.625. The number of aryl methyl sites for hydroxylation is 1. The molecular weight excluding hydrogens is 322 g/mol. The third-order valence-corrected chi connectivity index (χ3v) is 5.61. The Kier molecular flexibility index (Phi) is 4.46. The maximum atomic E-state index is 4.50. The average Bonchev–Trinajstić information content (AvgIpc) is 3.09. The standard InChI is InChI=1S/C16H23N7S/c1-13-19-20-16(24-13)23-9-7-22(8-10-23)15-11-14(17-12-18-15)21-5-3-2-4-6-21/h11-12H,2-10H2,1H3. The van der Waals surface area contributed by atoms with Crippen LogP contribution in [0.5, 0.6) is 0 Å². The van der Waals surface area contributed by atoms with E-state index in [-0.39, 0.29) is 0 Å². The first-order valence-corrected chi connectivity index (χ1v) is 9.48. The molecule has 0 aromatic carbocycles. The van der Waals surface area contributed by atoms with Crippen LogP contribution in [0.3, 0.4) is 0 Å². The Morgan fingerprint density at radius 2 is 1.42 bits per heavy atom. The van der Waals surface area contributed by atoms with E-state index in [1.165, 1.54) is 19.3 Å². The molecule has 2 fully saturated rings. The van der Waals surface area contributed by atoms with E-state index >= 15 is 0 Å². The minimum Gasteiger partial charge on any atom is -0.356 e. The summed E-state index contributed by atoms with van der Waals surface area (Å²) >= 11 is 1.67. The summed E-state index contributed by atoms with van der Waals surface area (Å²) in [6.07, 6.45) is 5.57. The Morgan fingerprint density at radius 3 is 2.04 bits per heavy atom. The molecule has 7 nitrogen and oxygen atoms in total. The van der Waals surface area contributed by atoms with Gasteiger partial charge in [-0.1, -0.05) is 11.3 Å². The predicted molar refractivity (Wildman–Crippen MR) is 97.2 cm³/mol. The zero-order chi connectivity index (χ0) is 16.4. The summed E-state index contributed by atoms with van der Waals surface area (Å²) in [4.78, 5) is 16.0. The van der Waals surface area contributed by atoms with Crippen molar-refractivity contribution in [1.29, 1.82) is 0 Å². The van der Waals surface area contributed by atoms with Gasteiger partial charge in [-0.2, -0.15) is 0 Å². The summed E-state index contributed by atoms with van der Waals surface area (Å²) in [7, 11) is 0. The third-order valence-electron chi connectivity index (χ3n) is 4.71. The molecule has 0 amide bonds. The summed E-state index contributed by atoms with van der Waals surface area (Å²) < 4.78 is 0. The maximum absolute atomic E-state index is 4.50. The quantitative estimate of drug-likeness (QED) is 0.842. The van der Waals surface area contributed by atoms with Crippen LogP contribution >= 0.6 is 11.3 Å². The van der Waals surface area contributed by atoms with Gasteiger partial charge in [0.2, 0.25) is 5.13 Å². The number of aromatic nitrogens is 4. The van der Waals surface area contributed by atoms with Crippen molar-refractivity contribution in [2.75, 3.05) is 54.0 Å². The van der Waals surface area contributed by atoms with Crippen LogP contribution in [0.1, 0.15) is 24.3 Å². The van der Waals surface area contributed by atoms with E-state index < -0.39 is 0 Å². The van der Waals surface area contributed by atoms with Gasteiger partial charge in [-0.05, 0) is 26.2 Å². The van der Waals surface area contributed by atoms with Gasteiger partial charge >= 0.3 is 0 Å². The van der Waals surface area contributed by atoms with Crippen LogP contribution in [-0.4, -0.2) is 59.4 Å².